The van der Waals surface area contributed by atoms with Crippen molar-refractivity contribution in [1.82, 2.24) is 0 Å². The lowest BCUT2D eigenvalue weighted by Crippen LogP contribution is -2.29. The van der Waals surface area contributed by atoms with E-state index in [1.807, 2.05) is 19.1 Å². The molecule has 3 aromatic rings. The minimum Gasteiger partial charge on any atom is -0.507 e. The molecule has 162 valence electrons. The van der Waals surface area contributed by atoms with Gasteiger partial charge in [-0.25, -0.2) is 0 Å². The third-order valence-corrected chi connectivity index (χ3v) is 6.03. The van der Waals surface area contributed by atoms with Crippen molar-refractivity contribution in [2.45, 2.75) is 19.4 Å². The van der Waals surface area contributed by atoms with E-state index in [0.29, 0.717) is 21.8 Å². The maximum atomic E-state index is 13.1. The lowest BCUT2D eigenvalue weighted by atomic mass is 9.95. The lowest BCUT2D eigenvalue weighted by Gasteiger charge is -2.26. The van der Waals surface area contributed by atoms with E-state index in [-0.39, 0.29) is 22.1 Å². The largest absolute Gasteiger partial charge is 0.507 e. The fourth-order valence-electron chi connectivity index (χ4n) is 3.76. The molecule has 0 bridgehead atoms. The molecule has 7 heteroatoms. The van der Waals surface area contributed by atoms with Crippen LogP contribution in [-0.2, 0) is 16.0 Å². The summed E-state index contributed by atoms with van der Waals surface area (Å²) in [5.74, 6) is -2.02. The minimum atomic E-state index is -0.934. The molecule has 2 N–H and O–H groups in total. The molecule has 1 heterocycles. The second-order valence-electron chi connectivity index (χ2n) is 7.41. The van der Waals surface area contributed by atoms with E-state index in [1.165, 1.54) is 17.0 Å². The van der Waals surface area contributed by atoms with Gasteiger partial charge in [0.05, 0.1) is 16.6 Å². The molecule has 32 heavy (non-hydrogen) atoms. The molecule has 3 aromatic carbocycles. The van der Waals surface area contributed by atoms with Crippen LogP contribution in [0.3, 0.4) is 0 Å². The second-order valence-corrected chi connectivity index (χ2v) is 8.25. The number of hydrogen-bond donors (Lipinski definition) is 2. The minimum absolute atomic E-state index is 0.0703. The standard InChI is InChI=1S/C25H19Cl2NO4/c1-2-14-3-10-18(11-4-14)28-22(16-7-12-20(29)19(27)13-16)21(24(31)25(28)32)23(30)15-5-8-17(26)9-6-15/h3-13,22,29-30H,2H2,1H3/b23-21-. The quantitative estimate of drug-likeness (QED) is 0.285. The zero-order valence-corrected chi connectivity index (χ0v) is 18.6. The number of amides is 1. The molecular formula is C25H19Cl2NO4. The molecule has 0 spiro atoms. The number of aromatic hydroxyl groups is 1. The topological polar surface area (TPSA) is 77.8 Å². The van der Waals surface area contributed by atoms with Gasteiger partial charge in [-0.2, -0.15) is 0 Å². The number of halogens is 2. The van der Waals surface area contributed by atoms with Crippen LogP contribution < -0.4 is 4.90 Å². The van der Waals surface area contributed by atoms with Crippen LogP contribution >= 0.6 is 23.2 Å². The van der Waals surface area contributed by atoms with Crippen molar-refractivity contribution in [3.05, 3.63) is 99.0 Å². The Bertz CT molecular complexity index is 1230. The second kappa shape index (κ2) is 8.69. The van der Waals surface area contributed by atoms with Crippen LogP contribution in [0.5, 0.6) is 5.75 Å². The first-order valence-electron chi connectivity index (χ1n) is 9.96. The third-order valence-electron chi connectivity index (χ3n) is 5.47. The van der Waals surface area contributed by atoms with E-state index in [0.717, 1.165) is 12.0 Å². The first-order valence-corrected chi connectivity index (χ1v) is 10.7. The summed E-state index contributed by atoms with van der Waals surface area (Å²) in [7, 11) is 0. The van der Waals surface area contributed by atoms with Gasteiger partial charge in [0.1, 0.15) is 11.5 Å². The molecule has 0 radical (unpaired) electrons. The molecule has 0 aliphatic carbocycles. The number of carbonyl (C=O) groups is 2. The van der Waals surface area contributed by atoms with Crippen LogP contribution in [0, 0.1) is 0 Å². The van der Waals surface area contributed by atoms with Gasteiger partial charge in [-0.05, 0) is 66.1 Å². The highest BCUT2D eigenvalue weighted by Crippen LogP contribution is 2.43. The number of aliphatic hydroxyl groups is 1. The van der Waals surface area contributed by atoms with Crippen molar-refractivity contribution >= 4 is 46.3 Å². The highest BCUT2D eigenvalue weighted by molar-refractivity contribution is 6.51. The number of phenolic OH excluding ortho intramolecular Hbond substituents is 1. The molecule has 1 unspecified atom stereocenters. The van der Waals surface area contributed by atoms with Gasteiger partial charge in [0.2, 0.25) is 0 Å². The van der Waals surface area contributed by atoms with Gasteiger partial charge < -0.3 is 10.2 Å². The number of aliphatic hydroxyl groups excluding tert-OH is 1. The van der Waals surface area contributed by atoms with Gasteiger partial charge in [0.25, 0.3) is 11.7 Å². The van der Waals surface area contributed by atoms with Crippen molar-refractivity contribution in [1.29, 1.82) is 0 Å². The zero-order valence-electron chi connectivity index (χ0n) is 17.0. The van der Waals surface area contributed by atoms with E-state index >= 15 is 0 Å². The Balaban J connectivity index is 1.94. The predicted molar refractivity (Wildman–Crippen MR) is 125 cm³/mol. The number of nitrogens with zero attached hydrogens (tertiary/aromatic N) is 1. The Hall–Kier alpha value is -3.28. The smallest absolute Gasteiger partial charge is 0.300 e. The van der Waals surface area contributed by atoms with E-state index in [9.17, 15) is 19.8 Å². The SMILES string of the molecule is CCc1ccc(N2C(=O)C(=O)/C(=C(\O)c3ccc(Cl)cc3)C2c2ccc(O)c(Cl)c2)cc1. The van der Waals surface area contributed by atoms with Crippen LogP contribution in [0.2, 0.25) is 10.0 Å². The van der Waals surface area contributed by atoms with E-state index < -0.39 is 17.7 Å². The number of anilines is 1. The predicted octanol–water partition coefficient (Wildman–Crippen LogP) is 5.89. The zero-order chi connectivity index (χ0) is 23.0. The van der Waals surface area contributed by atoms with Gasteiger partial charge in [0.15, 0.2) is 0 Å². The normalized spacial score (nSPS) is 17.7. The number of ketones is 1. The number of Topliss-reactive ketones (excluding diaryl/α,β-unsaturated/α-hetero) is 1. The van der Waals surface area contributed by atoms with Gasteiger partial charge in [0, 0.05) is 16.3 Å². The fraction of sp³-hybridized carbons (Fsp3) is 0.120. The van der Waals surface area contributed by atoms with Gasteiger partial charge >= 0.3 is 0 Å². The van der Waals surface area contributed by atoms with Gasteiger partial charge in [-0.3, -0.25) is 14.5 Å². The molecule has 0 aromatic heterocycles. The molecule has 1 saturated heterocycles. The maximum absolute atomic E-state index is 13.1. The molecule has 0 saturated carbocycles. The van der Waals surface area contributed by atoms with E-state index in [1.54, 1.807) is 42.5 Å². The Labute approximate surface area is 195 Å². The molecule has 1 fully saturated rings. The number of phenols is 1. The summed E-state index contributed by atoms with van der Waals surface area (Å²) in [4.78, 5) is 27.6. The van der Waals surface area contributed by atoms with E-state index in [4.69, 9.17) is 23.2 Å². The number of hydrogen-bond acceptors (Lipinski definition) is 4. The summed E-state index contributed by atoms with van der Waals surface area (Å²) in [6.45, 7) is 2.02. The van der Waals surface area contributed by atoms with Crippen molar-refractivity contribution in [2.24, 2.45) is 0 Å². The first-order chi connectivity index (χ1) is 15.3. The number of aryl methyl sites for hydroxylation is 1. The Morgan fingerprint density at radius 1 is 0.969 bits per heavy atom. The molecular weight excluding hydrogens is 449 g/mol. The summed E-state index contributed by atoms with van der Waals surface area (Å²) < 4.78 is 0. The summed E-state index contributed by atoms with van der Waals surface area (Å²) in [5, 5.41) is 21.5. The molecule has 5 nitrogen and oxygen atoms in total. The monoisotopic (exact) mass is 467 g/mol. The van der Waals surface area contributed by atoms with Crippen molar-refractivity contribution in [3.8, 4) is 5.75 Å². The van der Waals surface area contributed by atoms with Crippen LogP contribution in [0.25, 0.3) is 5.76 Å². The summed E-state index contributed by atoms with van der Waals surface area (Å²) >= 11 is 12.1. The van der Waals surface area contributed by atoms with E-state index in [2.05, 4.69) is 0 Å². The lowest BCUT2D eigenvalue weighted by molar-refractivity contribution is -0.132. The Morgan fingerprint density at radius 2 is 1.62 bits per heavy atom. The number of rotatable bonds is 4. The molecule has 1 aliphatic rings. The van der Waals surface area contributed by atoms with Crippen molar-refractivity contribution < 1.29 is 19.8 Å². The van der Waals surface area contributed by atoms with Crippen LogP contribution in [-0.4, -0.2) is 21.9 Å². The number of carbonyl (C=O) groups excluding carboxylic acids is 2. The summed E-state index contributed by atoms with van der Waals surface area (Å²) in [6, 6.07) is 17.1. The van der Waals surface area contributed by atoms with Crippen molar-refractivity contribution in [2.75, 3.05) is 4.90 Å². The van der Waals surface area contributed by atoms with Crippen molar-refractivity contribution in [3.63, 3.8) is 0 Å². The van der Waals surface area contributed by atoms with Crippen LogP contribution in [0.4, 0.5) is 5.69 Å². The van der Waals surface area contributed by atoms with Crippen LogP contribution in [0.15, 0.2) is 72.3 Å². The van der Waals surface area contributed by atoms with Gasteiger partial charge in [-0.15, -0.1) is 0 Å². The maximum Gasteiger partial charge on any atom is 0.300 e. The first kappa shape index (κ1) is 21.9. The molecule has 4 rings (SSSR count). The fourth-order valence-corrected chi connectivity index (χ4v) is 4.08. The Morgan fingerprint density at radius 3 is 2.22 bits per heavy atom. The third kappa shape index (κ3) is 3.85. The molecule has 1 atom stereocenters. The molecule has 1 aliphatic heterocycles. The van der Waals surface area contributed by atoms with Gasteiger partial charge in [-0.1, -0.05) is 48.3 Å². The average Bonchev–Trinajstić information content (AvgIpc) is 3.06. The molecule has 1 amide bonds. The highest BCUT2D eigenvalue weighted by atomic mass is 35.5. The Kier molecular flexibility index (Phi) is 5.96. The average molecular weight is 468 g/mol. The summed E-state index contributed by atoms with van der Waals surface area (Å²) in [6.07, 6.45) is 0.826. The number of benzene rings is 3. The van der Waals surface area contributed by atoms with Crippen LogP contribution in [0.1, 0.15) is 29.7 Å². The highest BCUT2D eigenvalue weighted by Gasteiger charge is 2.47. The summed E-state index contributed by atoms with van der Waals surface area (Å²) in [5.41, 5.74) is 2.34.